The van der Waals surface area contributed by atoms with E-state index in [2.05, 4.69) is 52.0 Å². The molecule has 0 spiro atoms. The molecule has 1 aliphatic heterocycles. The summed E-state index contributed by atoms with van der Waals surface area (Å²) in [6.45, 7) is 4.87. The van der Waals surface area contributed by atoms with Gasteiger partial charge >= 0.3 is 0 Å². The van der Waals surface area contributed by atoms with Gasteiger partial charge in [0.2, 0.25) is 0 Å². The van der Waals surface area contributed by atoms with E-state index >= 15 is 0 Å². The van der Waals surface area contributed by atoms with Crippen LogP contribution in [0.3, 0.4) is 0 Å². The maximum atomic E-state index is 13.1. The molecular formula is C24H24BrFN2OS. The lowest BCUT2D eigenvalue weighted by Crippen LogP contribution is -2.37. The first-order valence-corrected chi connectivity index (χ1v) is 11.8. The van der Waals surface area contributed by atoms with Crippen molar-refractivity contribution in [1.29, 1.82) is 0 Å². The molecule has 0 aliphatic carbocycles. The summed E-state index contributed by atoms with van der Waals surface area (Å²) in [5.41, 5.74) is 2.86. The van der Waals surface area contributed by atoms with E-state index in [4.69, 9.17) is 4.98 Å². The minimum atomic E-state index is -0.304. The van der Waals surface area contributed by atoms with Crippen molar-refractivity contribution in [3.05, 3.63) is 74.3 Å². The molecular weight excluding hydrogens is 463 g/mol. The van der Waals surface area contributed by atoms with E-state index in [1.165, 1.54) is 17.0 Å². The number of piperidine rings is 1. The number of hydrogen-bond donors (Lipinski definition) is 0. The molecule has 6 heteroatoms. The van der Waals surface area contributed by atoms with Gasteiger partial charge in [0.1, 0.15) is 5.82 Å². The van der Waals surface area contributed by atoms with Crippen LogP contribution < -0.4 is 0 Å². The number of likely N-dealkylation sites (tertiary alicyclic amines) is 1. The third-order valence-corrected chi connectivity index (χ3v) is 7.22. The minimum absolute atomic E-state index is 0.0377. The molecule has 3 nitrogen and oxygen atoms in total. The summed E-state index contributed by atoms with van der Waals surface area (Å²) >= 11 is 5.26. The smallest absolute Gasteiger partial charge is 0.166 e. The predicted octanol–water partition coefficient (Wildman–Crippen LogP) is 6.16. The molecule has 3 aromatic rings. The van der Waals surface area contributed by atoms with Crippen molar-refractivity contribution in [3.8, 4) is 11.3 Å². The quantitative estimate of drug-likeness (QED) is 0.391. The number of benzene rings is 2. The van der Waals surface area contributed by atoms with Gasteiger partial charge in [0.25, 0.3) is 0 Å². The number of carbonyl (C=O) groups excluding carboxylic acids is 1. The van der Waals surface area contributed by atoms with E-state index in [1.54, 1.807) is 23.5 Å². The summed E-state index contributed by atoms with van der Waals surface area (Å²) in [5, 5.41) is 1.09. The van der Waals surface area contributed by atoms with Crippen LogP contribution in [0, 0.1) is 18.7 Å². The third-order valence-electron chi connectivity index (χ3n) is 5.66. The fourth-order valence-electron chi connectivity index (χ4n) is 4.00. The molecule has 0 amide bonds. The van der Waals surface area contributed by atoms with E-state index in [0.29, 0.717) is 5.56 Å². The Morgan fingerprint density at radius 2 is 1.80 bits per heavy atom. The topological polar surface area (TPSA) is 33.2 Å². The molecule has 1 aliphatic rings. The standard InChI is InChI=1S/C24H24BrFN2OS/c1-16-27-23(17-2-6-20(25)7-3-17)22(30-16)12-15-28-13-10-19(11-14-28)24(29)18-4-8-21(26)9-5-18/h2-9,19H,10-15H2,1H3. The number of thiazole rings is 1. The van der Waals surface area contributed by atoms with Crippen LogP contribution in [0.15, 0.2) is 53.0 Å². The second-order valence-electron chi connectivity index (χ2n) is 7.75. The monoisotopic (exact) mass is 486 g/mol. The van der Waals surface area contributed by atoms with E-state index in [9.17, 15) is 9.18 Å². The van der Waals surface area contributed by atoms with Crippen molar-refractivity contribution < 1.29 is 9.18 Å². The van der Waals surface area contributed by atoms with Crippen molar-refractivity contribution >= 4 is 33.0 Å². The second-order valence-corrected chi connectivity index (χ2v) is 9.95. The van der Waals surface area contributed by atoms with Crippen LogP contribution in [0.1, 0.15) is 33.1 Å². The Bertz CT molecular complexity index is 1010. The van der Waals surface area contributed by atoms with Gasteiger partial charge < -0.3 is 4.90 Å². The maximum Gasteiger partial charge on any atom is 0.166 e. The number of nitrogens with zero attached hydrogens (tertiary/aromatic N) is 2. The molecule has 0 atom stereocenters. The van der Waals surface area contributed by atoms with Crippen LogP contribution >= 0.6 is 27.3 Å². The highest BCUT2D eigenvalue weighted by Crippen LogP contribution is 2.30. The molecule has 1 fully saturated rings. The first-order valence-electron chi connectivity index (χ1n) is 10.2. The van der Waals surface area contributed by atoms with Gasteiger partial charge in [-0.1, -0.05) is 28.1 Å². The van der Waals surface area contributed by atoms with Crippen molar-refractivity contribution in [2.45, 2.75) is 26.2 Å². The number of ketones is 1. The number of aryl methyl sites for hydroxylation is 1. The summed E-state index contributed by atoms with van der Waals surface area (Å²) < 4.78 is 14.2. The van der Waals surface area contributed by atoms with Gasteiger partial charge in [-0.3, -0.25) is 4.79 Å². The number of aromatic nitrogens is 1. The van der Waals surface area contributed by atoms with E-state index in [-0.39, 0.29) is 17.5 Å². The van der Waals surface area contributed by atoms with Gasteiger partial charge in [-0.2, -0.15) is 0 Å². The lowest BCUT2D eigenvalue weighted by Gasteiger charge is -2.31. The Hall–Kier alpha value is -1.89. The summed E-state index contributed by atoms with van der Waals surface area (Å²) in [7, 11) is 0. The molecule has 0 unspecified atom stereocenters. The molecule has 2 heterocycles. The Balaban J connectivity index is 1.34. The maximum absolute atomic E-state index is 13.1. The highest BCUT2D eigenvalue weighted by Gasteiger charge is 2.26. The lowest BCUT2D eigenvalue weighted by atomic mass is 9.89. The zero-order valence-electron chi connectivity index (χ0n) is 16.9. The van der Waals surface area contributed by atoms with Gasteiger partial charge in [-0.15, -0.1) is 11.3 Å². The average molecular weight is 487 g/mol. The first kappa shape index (κ1) is 21.3. The Morgan fingerprint density at radius 1 is 1.13 bits per heavy atom. The highest BCUT2D eigenvalue weighted by atomic mass is 79.9. The Labute approximate surface area is 189 Å². The van der Waals surface area contributed by atoms with Gasteiger partial charge in [-0.25, -0.2) is 9.37 Å². The molecule has 4 rings (SSSR count). The van der Waals surface area contributed by atoms with Gasteiger partial charge in [0.05, 0.1) is 10.7 Å². The van der Waals surface area contributed by atoms with Crippen LogP contribution in [0.25, 0.3) is 11.3 Å². The fourth-order valence-corrected chi connectivity index (χ4v) is 5.21. The summed E-state index contributed by atoms with van der Waals surface area (Å²) in [4.78, 5) is 21.2. The van der Waals surface area contributed by atoms with Gasteiger partial charge in [-0.05, 0) is 75.7 Å². The van der Waals surface area contributed by atoms with E-state index in [1.807, 2.05) is 0 Å². The Morgan fingerprint density at radius 3 is 2.47 bits per heavy atom. The van der Waals surface area contributed by atoms with E-state index in [0.717, 1.165) is 59.6 Å². The number of hydrogen-bond acceptors (Lipinski definition) is 4. The summed E-state index contributed by atoms with van der Waals surface area (Å²) in [6, 6.07) is 14.2. The highest BCUT2D eigenvalue weighted by molar-refractivity contribution is 9.10. The SMILES string of the molecule is Cc1nc(-c2ccc(Br)cc2)c(CCN2CCC(C(=O)c3ccc(F)cc3)CC2)s1. The molecule has 0 saturated carbocycles. The van der Waals surface area contributed by atoms with Crippen LogP contribution in [0.5, 0.6) is 0 Å². The zero-order chi connectivity index (χ0) is 21.1. The van der Waals surface area contributed by atoms with Crippen molar-refractivity contribution in [1.82, 2.24) is 9.88 Å². The Kier molecular flexibility index (Phi) is 6.76. The largest absolute Gasteiger partial charge is 0.303 e. The minimum Gasteiger partial charge on any atom is -0.303 e. The van der Waals surface area contributed by atoms with Crippen molar-refractivity contribution in [3.63, 3.8) is 0 Å². The number of carbonyl (C=O) groups is 1. The average Bonchev–Trinajstić information content (AvgIpc) is 3.14. The lowest BCUT2D eigenvalue weighted by molar-refractivity contribution is 0.0841. The molecule has 0 radical (unpaired) electrons. The normalized spacial score (nSPS) is 15.4. The first-order chi connectivity index (χ1) is 14.5. The number of halogens is 2. The van der Waals surface area contributed by atoms with Crippen molar-refractivity contribution in [2.24, 2.45) is 5.92 Å². The molecule has 156 valence electrons. The van der Waals surface area contributed by atoms with Crippen molar-refractivity contribution in [2.75, 3.05) is 19.6 Å². The van der Waals surface area contributed by atoms with Crippen LogP contribution in [-0.2, 0) is 6.42 Å². The van der Waals surface area contributed by atoms with E-state index < -0.39 is 0 Å². The summed E-state index contributed by atoms with van der Waals surface area (Å²) in [5.74, 6) is -0.122. The fraction of sp³-hybridized carbons (Fsp3) is 0.333. The number of rotatable bonds is 6. The zero-order valence-corrected chi connectivity index (χ0v) is 19.3. The number of Topliss-reactive ketones (excluding diaryl/α,β-unsaturated/α-hetero) is 1. The summed E-state index contributed by atoms with van der Waals surface area (Å²) in [6.07, 6.45) is 2.68. The van der Waals surface area contributed by atoms with Gasteiger partial charge in [0, 0.05) is 32.9 Å². The van der Waals surface area contributed by atoms with Crippen LogP contribution in [0.2, 0.25) is 0 Å². The predicted molar refractivity (Wildman–Crippen MR) is 124 cm³/mol. The van der Waals surface area contributed by atoms with Crippen LogP contribution in [-0.4, -0.2) is 35.3 Å². The molecule has 2 aromatic carbocycles. The molecule has 1 aromatic heterocycles. The molecule has 0 N–H and O–H groups in total. The molecule has 30 heavy (non-hydrogen) atoms. The van der Waals surface area contributed by atoms with Gasteiger partial charge in [0.15, 0.2) is 5.78 Å². The second kappa shape index (κ2) is 9.50. The molecule has 1 saturated heterocycles. The van der Waals surface area contributed by atoms with Crippen LogP contribution in [0.4, 0.5) is 4.39 Å². The third kappa shape index (κ3) is 5.05. The molecule has 0 bridgehead atoms.